The maximum atomic E-state index is 13.4. The van der Waals surface area contributed by atoms with Crippen molar-refractivity contribution in [3.05, 3.63) is 41.3 Å². The minimum absolute atomic E-state index is 0.0390. The second kappa shape index (κ2) is 4.88. The number of aromatic amines is 1. The summed E-state index contributed by atoms with van der Waals surface area (Å²) in [6.07, 6.45) is 1.20. The average molecular weight is 261 g/mol. The van der Waals surface area contributed by atoms with Gasteiger partial charge in [-0.2, -0.15) is 0 Å². The van der Waals surface area contributed by atoms with Gasteiger partial charge in [0, 0.05) is 28.2 Å². The molecule has 0 saturated carbocycles. The van der Waals surface area contributed by atoms with Crippen LogP contribution in [0.2, 0.25) is 0 Å². The van der Waals surface area contributed by atoms with E-state index in [0.29, 0.717) is 5.57 Å². The van der Waals surface area contributed by atoms with Crippen molar-refractivity contribution in [2.24, 2.45) is 5.92 Å². The molecule has 0 saturated heterocycles. The summed E-state index contributed by atoms with van der Waals surface area (Å²) in [4.78, 5) is 14.1. The van der Waals surface area contributed by atoms with Crippen LogP contribution in [0.5, 0.6) is 0 Å². The van der Waals surface area contributed by atoms with Crippen LogP contribution in [0.15, 0.2) is 24.3 Å². The van der Waals surface area contributed by atoms with E-state index >= 15 is 0 Å². The second-order valence-corrected chi connectivity index (χ2v) is 4.91. The lowest BCUT2D eigenvalue weighted by Crippen LogP contribution is -1.99. The molecule has 0 radical (unpaired) electrons. The van der Waals surface area contributed by atoms with E-state index in [4.69, 9.17) is 5.11 Å². The first kappa shape index (κ1) is 13.3. The third kappa shape index (κ3) is 2.52. The summed E-state index contributed by atoms with van der Waals surface area (Å²) in [6, 6.07) is 4.49. The Labute approximate surface area is 110 Å². The lowest BCUT2D eigenvalue weighted by molar-refractivity contribution is -0.131. The lowest BCUT2D eigenvalue weighted by atomic mass is 9.92. The number of hydrogen-bond acceptors (Lipinski definition) is 1. The molecule has 0 spiro atoms. The van der Waals surface area contributed by atoms with E-state index in [1.54, 1.807) is 6.07 Å². The highest BCUT2D eigenvalue weighted by Gasteiger charge is 2.17. The Morgan fingerprint density at radius 3 is 2.68 bits per heavy atom. The number of aryl methyl sites for hydroxylation is 1. The van der Waals surface area contributed by atoms with Crippen molar-refractivity contribution < 1.29 is 14.3 Å². The van der Waals surface area contributed by atoms with Crippen LogP contribution < -0.4 is 0 Å². The number of nitrogens with one attached hydrogen (secondary N) is 1. The zero-order valence-corrected chi connectivity index (χ0v) is 11.1. The van der Waals surface area contributed by atoms with Crippen molar-refractivity contribution in [2.45, 2.75) is 20.8 Å². The molecule has 0 fully saturated rings. The number of H-pyrrole nitrogens is 1. The molecular formula is C15H16FNO2. The minimum Gasteiger partial charge on any atom is -0.478 e. The van der Waals surface area contributed by atoms with Crippen molar-refractivity contribution in [3.63, 3.8) is 0 Å². The predicted molar refractivity (Wildman–Crippen MR) is 73.4 cm³/mol. The van der Waals surface area contributed by atoms with Gasteiger partial charge < -0.3 is 10.1 Å². The normalized spacial score (nSPS) is 12.4. The number of halogens is 1. The van der Waals surface area contributed by atoms with E-state index in [-0.39, 0.29) is 11.7 Å². The maximum Gasteiger partial charge on any atom is 0.328 e. The number of allylic oxidation sites excluding steroid dienone is 1. The fourth-order valence-electron chi connectivity index (χ4n) is 2.33. The summed E-state index contributed by atoms with van der Waals surface area (Å²) in [6.45, 7) is 5.71. The van der Waals surface area contributed by atoms with E-state index in [9.17, 15) is 9.18 Å². The van der Waals surface area contributed by atoms with Crippen LogP contribution in [0.3, 0.4) is 0 Å². The topological polar surface area (TPSA) is 53.1 Å². The van der Waals surface area contributed by atoms with E-state index < -0.39 is 5.97 Å². The second-order valence-electron chi connectivity index (χ2n) is 4.91. The Balaban J connectivity index is 2.75. The molecule has 0 amide bonds. The minimum atomic E-state index is -0.992. The summed E-state index contributed by atoms with van der Waals surface area (Å²) in [5.41, 5.74) is 3.14. The Morgan fingerprint density at radius 1 is 1.42 bits per heavy atom. The Kier molecular flexibility index (Phi) is 3.42. The van der Waals surface area contributed by atoms with Crippen molar-refractivity contribution in [2.75, 3.05) is 0 Å². The van der Waals surface area contributed by atoms with Gasteiger partial charge in [-0.05, 0) is 36.6 Å². The maximum absolute atomic E-state index is 13.4. The van der Waals surface area contributed by atoms with Gasteiger partial charge in [0.05, 0.1) is 0 Å². The summed E-state index contributed by atoms with van der Waals surface area (Å²) in [5.74, 6) is -1.28. The first-order valence-electron chi connectivity index (χ1n) is 6.13. The van der Waals surface area contributed by atoms with Gasteiger partial charge in [0.1, 0.15) is 5.82 Å². The van der Waals surface area contributed by atoms with Crippen LogP contribution in [-0.4, -0.2) is 16.1 Å². The van der Waals surface area contributed by atoms with Crippen molar-refractivity contribution in [3.8, 4) is 0 Å². The number of carboxylic acids is 1. The van der Waals surface area contributed by atoms with E-state index in [2.05, 4.69) is 4.98 Å². The van der Waals surface area contributed by atoms with Crippen LogP contribution >= 0.6 is 0 Å². The third-order valence-electron chi connectivity index (χ3n) is 3.14. The molecule has 0 bridgehead atoms. The third-order valence-corrected chi connectivity index (χ3v) is 3.14. The van der Waals surface area contributed by atoms with Crippen LogP contribution in [0.4, 0.5) is 4.39 Å². The van der Waals surface area contributed by atoms with Crippen molar-refractivity contribution in [1.82, 2.24) is 4.98 Å². The molecule has 0 aliphatic rings. The van der Waals surface area contributed by atoms with Crippen molar-refractivity contribution >= 4 is 22.4 Å². The first-order chi connectivity index (χ1) is 8.90. The van der Waals surface area contributed by atoms with Gasteiger partial charge in [0.2, 0.25) is 0 Å². The Bertz CT molecular complexity index is 668. The van der Waals surface area contributed by atoms with Gasteiger partial charge in [0.15, 0.2) is 0 Å². The molecule has 2 N–H and O–H groups in total. The van der Waals surface area contributed by atoms with Gasteiger partial charge in [0.25, 0.3) is 0 Å². The molecule has 1 aromatic heterocycles. The highest BCUT2D eigenvalue weighted by molar-refractivity contribution is 5.99. The fourth-order valence-corrected chi connectivity index (χ4v) is 2.33. The summed E-state index contributed by atoms with van der Waals surface area (Å²) < 4.78 is 13.4. The van der Waals surface area contributed by atoms with Gasteiger partial charge in [-0.15, -0.1) is 0 Å². The van der Waals surface area contributed by atoms with Crippen LogP contribution in [-0.2, 0) is 4.79 Å². The zero-order chi connectivity index (χ0) is 14.2. The quantitative estimate of drug-likeness (QED) is 0.827. The Hall–Kier alpha value is -2.10. The number of hydrogen-bond donors (Lipinski definition) is 2. The number of carboxylic acid groups (broad SMARTS) is 1. The fraction of sp³-hybridized carbons (Fsp3) is 0.267. The standard InChI is InChI=1S/C15H16FNO2/c1-8(2)11(7-14(18)19)15-9(3)17-13-5-4-10(16)6-12(13)15/h4-8,17H,1-3H3,(H,18,19)/b11-7+. The van der Waals surface area contributed by atoms with Crippen LogP contribution in [0, 0.1) is 18.7 Å². The van der Waals surface area contributed by atoms with E-state index in [0.717, 1.165) is 22.2 Å². The predicted octanol–water partition coefficient (Wildman–Crippen LogP) is 3.74. The zero-order valence-electron chi connectivity index (χ0n) is 11.1. The molecule has 0 aliphatic carbocycles. The molecule has 1 heterocycles. The molecule has 19 heavy (non-hydrogen) atoms. The smallest absolute Gasteiger partial charge is 0.328 e. The molecule has 0 aliphatic heterocycles. The number of rotatable bonds is 3. The molecule has 0 atom stereocenters. The number of fused-ring (bicyclic) bond motifs is 1. The highest BCUT2D eigenvalue weighted by atomic mass is 19.1. The van der Waals surface area contributed by atoms with E-state index in [1.807, 2.05) is 20.8 Å². The monoisotopic (exact) mass is 261 g/mol. The first-order valence-corrected chi connectivity index (χ1v) is 6.13. The van der Waals surface area contributed by atoms with Crippen LogP contribution in [0.1, 0.15) is 25.1 Å². The number of carbonyl (C=O) groups is 1. The van der Waals surface area contributed by atoms with Gasteiger partial charge >= 0.3 is 5.97 Å². The molecule has 100 valence electrons. The van der Waals surface area contributed by atoms with Gasteiger partial charge in [-0.3, -0.25) is 0 Å². The molecule has 3 nitrogen and oxygen atoms in total. The SMILES string of the molecule is Cc1[nH]c2ccc(F)cc2c1/C(=C/C(=O)O)C(C)C. The molecule has 1 aromatic carbocycles. The molecule has 2 rings (SSSR count). The summed E-state index contributed by atoms with van der Waals surface area (Å²) in [5, 5.41) is 9.71. The van der Waals surface area contributed by atoms with Crippen molar-refractivity contribution in [1.29, 1.82) is 0 Å². The molecule has 0 unspecified atom stereocenters. The average Bonchev–Trinajstić information content (AvgIpc) is 2.61. The number of aliphatic carboxylic acids is 1. The highest BCUT2D eigenvalue weighted by Crippen LogP contribution is 2.33. The van der Waals surface area contributed by atoms with Crippen LogP contribution in [0.25, 0.3) is 16.5 Å². The van der Waals surface area contributed by atoms with Gasteiger partial charge in [-0.25, -0.2) is 9.18 Å². The lowest BCUT2D eigenvalue weighted by Gasteiger charge is -2.11. The number of benzene rings is 1. The van der Waals surface area contributed by atoms with Gasteiger partial charge in [-0.1, -0.05) is 13.8 Å². The molecular weight excluding hydrogens is 245 g/mol. The Morgan fingerprint density at radius 2 is 2.11 bits per heavy atom. The molecule has 4 heteroatoms. The molecule has 2 aromatic rings. The van der Waals surface area contributed by atoms with E-state index in [1.165, 1.54) is 18.2 Å². The summed E-state index contributed by atoms with van der Waals surface area (Å²) in [7, 11) is 0. The largest absolute Gasteiger partial charge is 0.478 e. The summed E-state index contributed by atoms with van der Waals surface area (Å²) >= 11 is 0. The number of aromatic nitrogens is 1.